The summed E-state index contributed by atoms with van der Waals surface area (Å²) < 4.78 is 0. The molecule has 0 saturated heterocycles. The zero-order chi connectivity index (χ0) is 15.3. The van der Waals surface area contributed by atoms with Gasteiger partial charge in [0, 0.05) is 16.9 Å². The second-order valence-corrected chi connectivity index (χ2v) is 8.14. The maximum Gasteiger partial charge on any atom is 0.251 e. The Morgan fingerprint density at radius 2 is 1.75 bits per heavy atom. The molecule has 1 amide bonds. The molecule has 0 heterocycles. The number of carbonyl (C=O) groups excluding carboxylic acids is 1. The van der Waals surface area contributed by atoms with Crippen molar-refractivity contribution in [3.63, 3.8) is 0 Å². The summed E-state index contributed by atoms with van der Waals surface area (Å²) >= 11 is 3.63. The van der Waals surface area contributed by atoms with Crippen LogP contribution in [0.5, 0.6) is 0 Å². The number of amides is 1. The highest BCUT2D eigenvalue weighted by molar-refractivity contribution is 9.09. The van der Waals surface area contributed by atoms with Crippen LogP contribution in [0.2, 0.25) is 0 Å². The molecule has 0 aliphatic rings. The molecule has 0 spiro atoms. The van der Waals surface area contributed by atoms with Gasteiger partial charge in [-0.1, -0.05) is 62.7 Å². The summed E-state index contributed by atoms with van der Waals surface area (Å²) in [6, 6.07) is 7.86. The fourth-order valence-electron chi connectivity index (χ4n) is 2.06. The van der Waals surface area contributed by atoms with Crippen LogP contribution in [0.3, 0.4) is 0 Å². The van der Waals surface area contributed by atoms with Gasteiger partial charge in [-0.2, -0.15) is 0 Å². The summed E-state index contributed by atoms with van der Waals surface area (Å²) in [5, 5.41) is 2.98. The first-order valence-corrected chi connectivity index (χ1v) is 8.13. The Bertz CT molecular complexity index is 431. The van der Waals surface area contributed by atoms with Crippen molar-refractivity contribution >= 4 is 21.8 Å². The van der Waals surface area contributed by atoms with Gasteiger partial charge in [-0.25, -0.2) is 0 Å². The van der Waals surface area contributed by atoms with Gasteiger partial charge in [0.2, 0.25) is 0 Å². The van der Waals surface area contributed by atoms with Gasteiger partial charge in [-0.3, -0.25) is 4.79 Å². The fourth-order valence-corrected chi connectivity index (χ4v) is 3.19. The lowest BCUT2D eigenvalue weighted by atomic mass is 9.90. The van der Waals surface area contributed by atoms with Gasteiger partial charge in [0.25, 0.3) is 5.91 Å². The highest BCUT2D eigenvalue weighted by Gasteiger charge is 2.17. The molecule has 0 fully saturated rings. The van der Waals surface area contributed by atoms with E-state index in [1.54, 1.807) is 0 Å². The molecule has 0 aromatic heterocycles. The quantitative estimate of drug-likeness (QED) is 0.771. The van der Waals surface area contributed by atoms with Gasteiger partial charge >= 0.3 is 0 Å². The first kappa shape index (κ1) is 17.2. The third kappa shape index (κ3) is 6.08. The number of carbonyl (C=O) groups is 1. The minimum atomic E-state index is -0.00124. The van der Waals surface area contributed by atoms with Crippen molar-refractivity contribution in [1.82, 2.24) is 5.32 Å². The monoisotopic (exact) mass is 339 g/mol. The van der Waals surface area contributed by atoms with E-state index in [2.05, 4.69) is 55.9 Å². The molecule has 112 valence electrons. The highest BCUT2D eigenvalue weighted by atomic mass is 79.9. The van der Waals surface area contributed by atoms with Gasteiger partial charge in [0.1, 0.15) is 0 Å². The molecule has 20 heavy (non-hydrogen) atoms. The van der Waals surface area contributed by atoms with Gasteiger partial charge < -0.3 is 5.32 Å². The van der Waals surface area contributed by atoms with Gasteiger partial charge in [-0.05, 0) is 35.4 Å². The average Bonchev–Trinajstić information content (AvgIpc) is 2.34. The predicted octanol–water partition coefficient (Wildman–Crippen LogP) is 4.74. The molecular formula is C17H26BrNO. The van der Waals surface area contributed by atoms with Crippen molar-refractivity contribution in [2.24, 2.45) is 5.41 Å². The Morgan fingerprint density at radius 1 is 1.20 bits per heavy atom. The number of hydrogen-bond acceptors (Lipinski definition) is 1. The number of benzene rings is 1. The zero-order valence-corrected chi connectivity index (χ0v) is 14.8. The normalized spacial score (nSPS) is 13.3. The van der Waals surface area contributed by atoms with Gasteiger partial charge in [0.15, 0.2) is 0 Å². The Morgan fingerprint density at radius 3 is 2.20 bits per heavy atom. The number of halogens is 1. The Labute approximate surface area is 131 Å². The first-order chi connectivity index (χ1) is 9.19. The molecule has 1 N–H and O–H groups in total. The van der Waals surface area contributed by atoms with E-state index in [1.165, 1.54) is 5.56 Å². The molecule has 1 aromatic rings. The van der Waals surface area contributed by atoms with E-state index in [9.17, 15) is 4.79 Å². The van der Waals surface area contributed by atoms with Crippen LogP contribution in [0.4, 0.5) is 0 Å². The largest absolute Gasteiger partial charge is 0.351 e. The smallest absolute Gasteiger partial charge is 0.251 e. The lowest BCUT2D eigenvalue weighted by Crippen LogP contribution is -2.31. The predicted molar refractivity (Wildman–Crippen MR) is 89.7 cm³/mol. The summed E-state index contributed by atoms with van der Waals surface area (Å²) in [6.45, 7) is 11.6. The highest BCUT2D eigenvalue weighted by Crippen LogP contribution is 2.24. The molecule has 1 aromatic carbocycles. The number of rotatable bonds is 5. The summed E-state index contributed by atoms with van der Waals surface area (Å²) in [7, 11) is 0. The van der Waals surface area contributed by atoms with E-state index in [0.717, 1.165) is 12.0 Å². The molecule has 1 atom stereocenters. The molecule has 0 bridgehead atoms. The minimum Gasteiger partial charge on any atom is -0.351 e. The van der Waals surface area contributed by atoms with Crippen molar-refractivity contribution < 1.29 is 4.79 Å². The molecule has 1 rings (SSSR count). The molecule has 2 nitrogen and oxygen atoms in total. The number of nitrogens with one attached hydrogen (secondary N) is 1. The maximum atomic E-state index is 12.1. The fraction of sp³-hybridized carbons (Fsp3) is 0.588. The first-order valence-electron chi connectivity index (χ1n) is 7.21. The zero-order valence-electron chi connectivity index (χ0n) is 13.2. The molecule has 1 unspecified atom stereocenters. The minimum absolute atomic E-state index is 0.00124. The number of alkyl halides is 1. The van der Waals surface area contributed by atoms with Gasteiger partial charge in [0.05, 0.1) is 0 Å². The maximum absolute atomic E-state index is 12.1. The van der Waals surface area contributed by atoms with Gasteiger partial charge in [-0.15, -0.1) is 0 Å². The third-order valence-corrected chi connectivity index (χ3v) is 3.80. The van der Waals surface area contributed by atoms with Crippen LogP contribution in [0, 0.1) is 5.41 Å². The van der Waals surface area contributed by atoms with E-state index >= 15 is 0 Å². The van der Waals surface area contributed by atoms with Crippen LogP contribution in [0.25, 0.3) is 0 Å². The van der Waals surface area contributed by atoms with E-state index in [4.69, 9.17) is 0 Å². The number of hydrogen-bond donors (Lipinski definition) is 1. The Balaban J connectivity index is 2.50. The van der Waals surface area contributed by atoms with Crippen molar-refractivity contribution in [3.8, 4) is 0 Å². The van der Waals surface area contributed by atoms with Crippen LogP contribution >= 0.6 is 15.9 Å². The van der Waals surface area contributed by atoms with Crippen LogP contribution in [-0.4, -0.2) is 17.3 Å². The molecular weight excluding hydrogens is 314 g/mol. The molecule has 3 heteroatoms. The van der Waals surface area contributed by atoms with Crippen molar-refractivity contribution in [2.75, 3.05) is 6.54 Å². The van der Waals surface area contributed by atoms with E-state index in [-0.39, 0.29) is 11.3 Å². The van der Waals surface area contributed by atoms with E-state index in [0.29, 0.717) is 17.3 Å². The summed E-state index contributed by atoms with van der Waals surface area (Å²) in [5.74, 6) is 0.490. The van der Waals surface area contributed by atoms with Crippen LogP contribution in [0.15, 0.2) is 24.3 Å². The Hall–Kier alpha value is -0.830. The van der Waals surface area contributed by atoms with Crippen molar-refractivity contribution in [1.29, 1.82) is 0 Å². The average molecular weight is 340 g/mol. The molecule has 0 aliphatic carbocycles. The third-order valence-electron chi connectivity index (χ3n) is 3.16. The standard InChI is InChI=1S/C17H26BrNO/c1-12(2)13-6-8-14(9-7-13)16(20)19-11-15(18)10-17(3,4)5/h6-9,12,15H,10-11H2,1-5H3,(H,19,20). The Kier molecular flexibility index (Phi) is 6.25. The lowest BCUT2D eigenvalue weighted by molar-refractivity contribution is 0.0952. The van der Waals surface area contributed by atoms with Crippen molar-refractivity contribution in [2.45, 2.75) is 51.8 Å². The van der Waals surface area contributed by atoms with E-state index < -0.39 is 0 Å². The lowest BCUT2D eigenvalue weighted by Gasteiger charge is -2.22. The summed E-state index contributed by atoms with van der Waals surface area (Å²) in [5.41, 5.74) is 2.25. The molecule has 0 saturated carbocycles. The van der Waals surface area contributed by atoms with Crippen LogP contribution in [0.1, 0.15) is 62.9 Å². The molecule has 0 radical (unpaired) electrons. The van der Waals surface area contributed by atoms with E-state index in [1.807, 2.05) is 24.3 Å². The topological polar surface area (TPSA) is 29.1 Å². The second kappa shape index (κ2) is 7.26. The summed E-state index contributed by atoms with van der Waals surface area (Å²) in [6.07, 6.45) is 1.03. The summed E-state index contributed by atoms with van der Waals surface area (Å²) in [4.78, 5) is 12.4. The SMILES string of the molecule is CC(C)c1ccc(C(=O)NCC(Br)CC(C)(C)C)cc1. The second-order valence-electron chi connectivity index (χ2n) is 6.85. The van der Waals surface area contributed by atoms with Crippen LogP contribution < -0.4 is 5.32 Å². The van der Waals surface area contributed by atoms with Crippen molar-refractivity contribution in [3.05, 3.63) is 35.4 Å². The van der Waals surface area contributed by atoms with Crippen LogP contribution in [-0.2, 0) is 0 Å². The molecule has 0 aliphatic heterocycles.